The van der Waals surface area contributed by atoms with Crippen molar-refractivity contribution >= 4 is 23.0 Å². The standard InChI is InChI=1S/C10H17N3O5S/c1-11-3-4-6(14)7(15)5-8(18-4)19-9(12-5)13(2)10(16)17/h4-8,11,14-15H,3H2,1-2H3,(H,16,17)/t4-,5-,6-,7-,8-/m1/s1. The maximum atomic E-state index is 10.9. The van der Waals surface area contributed by atoms with Crippen LogP contribution in [-0.4, -0.2) is 81.9 Å². The highest BCUT2D eigenvalue weighted by Gasteiger charge is 2.48. The van der Waals surface area contributed by atoms with E-state index in [2.05, 4.69) is 10.3 Å². The van der Waals surface area contributed by atoms with Crippen molar-refractivity contribution in [3.05, 3.63) is 0 Å². The predicted molar refractivity (Wildman–Crippen MR) is 69.2 cm³/mol. The zero-order valence-corrected chi connectivity index (χ0v) is 11.4. The molecule has 0 spiro atoms. The number of aliphatic hydroxyl groups excluding tert-OH is 2. The molecule has 2 heterocycles. The van der Waals surface area contributed by atoms with Gasteiger partial charge in [0.15, 0.2) is 5.17 Å². The molecule has 0 unspecified atom stereocenters. The van der Waals surface area contributed by atoms with Crippen LogP contribution in [0.3, 0.4) is 0 Å². The minimum atomic E-state index is -1.13. The first-order valence-corrected chi connectivity index (χ1v) is 6.71. The van der Waals surface area contributed by atoms with Crippen molar-refractivity contribution in [1.82, 2.24) is 10.2 Å². The monoisotopic (exact) mass is 291 g/mol. The fraction of sp³-hybridized carbons (Fsp3) is 0.800. The number of fused-ring (bicyclic) bond motifs is 1. The first-order valence-electron chi connectivity index (χ1n) is 5.83. The van der Waals surface area contributed by atoms with Gasteiger partial charge in [-0.15, -0.1) is 0 Å². The predicted octanol–water partition coefficient (Wildman–Crippen LogP) is -1.27. The molecule has 8 nitrogen and oxygen atoms in total. The third-order valence-corrected chi connectivity index (χ3v) is 4.34. The van der Waals surface area contributed by atoms with Gasteiger partial charge < -0.3 is 25.4 Å². The average Bonchev–Trinajstić information content (AvgIpc) is 2.78. The Morgan fingerprint density at radius 1 is 1.53 bits per heavy atom. The summed E-state index contributed by atoms with van der Waals surface area (Å²) in [7, 11) is 3.09. The lowest BCUT2D eigenvalue weighted by Gasteiger charge is -2.38. The van der Waals surface area contributed by atoms with Gasteiger partial charge in [0.05, 0.1) is 0 Å². The SMILES string of the molecule is CNC[C@H]1O[C@@H]2SC(N(C)C(=O)O)=N[C@@H]2[C@@H](O)[C@@H]1O. The molecule has 5 atom stereocenters. The highest BCUT2D eigenvalue weighted by Crippen LogP contribution is 2.37. The number of thioether (sulfide) groups is 1. The lowest BCUT2D eigenvalue weighted by Crippen LogP contribution is -2.57. The Bertz CT molecular complexity index is 393. The molecule has 108 valence electrons. The third kappa shape index (κ3) is 2.70. The van der Waals surface area contributed by atoms with Crippen LogP contribution in [0.25, 0.3) is 0 Å². The van der Waals surface area contributed by atoms with Crippen LogP contribution in [-0.2, 0) is 4.74 Å². The van der Waals surface area contributed by atoms with E-state index in [1.54, 1.807) is 7.05 Å². The van der Waals surface area contributed by atoms with Gasteiger partial charge in [0.25, 0.3) is 0 Å². The van der Waals surface area contributed by atoms with Crippen molar-refractivity contribution in [3.8, 4) is 0 Å². The fourth-order valence-electron chi connectivity index (χ4n) is 2.03. The smallest absolute Gasteiger partial charge is 0.413 e. The van der Waals surface area contributed by atoms with Crippen molar-refractivity contribution in [2.24, 2.45) is 4.99 Å². The van der Waals surface area contributed by atoms with Crippen LogP contribution in [0.2, 0.25) is 0 Å². The molecule has 0 aromatic heterocycles. The number of amides is 1. The van der Waals surface area contributed by atoms with Crippen LogP contribution in [0, 0.1) is 0 Å². The molecule has 4 N–H and O–H groups in total. The first kappa shape index (κ1) is 14.5. The molecule has 1 saturated heterocycles. The molecule has 19 heavy (non-hydrogen) atoms. The van der Waals surface area contributed by atoms with Crippen molar-refractivity contribution in [1.29, 1.82) is 0 Å². The lowest BCUT2D eigenvalue weighted by molar-refractivity contribution is -0.150. The Morgan fingerprint density at radius 2 is 2.21 bits per heavy atom. The first-order chi connectivity index (χ1) is 8.95. The van der Waals surface area contributed by atoms with Crippen molar-refractivity contribution < 1.29 is 24.9 Å². The Kier molecular flexibility index (Phi) is 4.31. The number of aliphatic imine (C=N–C) groups is 1. The largest absolute Gasteiger partial charge is 0.465 e. The molecule has 2 aliphatic heterocycles. The van der Waals surface area contributed by atoms with Crippen LogP contribution < -0.4 is 5.32 Å². The van der Waals surface area contributed by atoms with Gasteiger partial charge in [-0.05, 0) is 7.05 Å². The van der Waals surface area contributed by atoms with Gasteiger partial charge >= 0.3 is 6.09 Å². The summed E-state index contributed by atoms with van der Waals surface area (Å²) >= 11 is 1.14. The van der Waals surface area contributed by atoms with E-state index < -0.39 is 35.9 Å². The minimum Gasteiger partial charge on any atom is -0.465 e. The quantitative estimate of drug-likeness (QED) is 0.501. The van der Waals surface area contributed by atoms with Crippen LogP contribution in [0.1, 0.15) is 0 Å². The van der Waals surface area contributed by atoms with Gasteiger partial charge in [-0.25, -0.2) is 4.79 Å². The van der Waals surface area contributed by atoms with Gasteiger partial charge in [0.1, 0.15) is 29.8 Å². The second-order valence-electron chi connectivity index (χ2n) is 4.44. The third-order valence-electron chi connectivity index (χ3n) is 3.13. The van der Waals surface area contributed by atoms with E-state index in [1.165, 1.54) is 7.05 Å². The van der Waals surface area contributed by atoms with E-state index in [0.717, 1.165) is 16.7 Å². The molecule has 1 fully saturated rings. The Morgan fingerprint density at radius 3 is 2.79 bits per heavy atom. The maximum Gasteiger partial charge on any atom is 0.413 e. The maximum absolute atomic E-state index is 10.9. The molecule has 2 aliphatic rings. The highest BCUT2D eigenvalue weighted by molar-refractivity contribution is 8.14. The molecule has 0 aromatic rings. The molecule has 0 radical (unpaired) electrons. The normalized spacial score (nSPS) is 37.7. The number of nitrogens with one attached hydrogen (secondary N) is 1. The van der Waals surface area contributed by atoms with E-state index in [0.29, 0.717) is 6.54 Å². The van der Waals surface area contributed by atoms with Gasteiger partial charge in [-0.1, -0.05) is 11.8 Å². The average molecular weight is 291 g/mol. The van der Waals surface area contributed by atoms with Crippen molar-refractivity contribution in [2.75, 3.05) is 20.6 Å². The number of carboxylic acid groups (broad SMARTS) is 1. The molecular weight excluding hydrogens is 274 g/mol. The molecule has 9 heteroatoms. The summed E-state index contributed by atoms with van der Waals surface area (Å²) in [6, 6.07) is -0.648. The van der Waals surface area contributed by atoms with E-state index in [-0.39, 0.29) is 5.17 Å². The number of hydrogen-bond acceptors (Lipinski definition) is 7. The number of ether oxygens (including phenoxy) is 1. The summed E-state index contributed by atoms with van der Waals surface area (Å²) in [4.78, 5) is 16.0. The summed E-state index contributed by atoms with van der Waals surface area (Å²) in [6.45, 7) is 0.395. The second-order valence-corrected chi connectivity index (χ2v) is 5.51. The fourth-order valence-corrected chi connectivity index (χ4v) is 3.22. The molecule has 0 saturated carbocycles. The molecule has 2 rings (SSSR count). The summed E-state index contributed by atoms with van der Waals surface area (Å²) in [5.41, 5.74) is -0.478. The summed E-state index contributed by atoms with van der Waals surface area (Å²) in [5, 5.41) is 32.0. The zero-order valence-electron chi connectivity index (χ0n) is 10.6. The number of nitrogens with zero attached hydrogens (tertiary/aromatic N) is 2. The summed E-state index contributed by atoms with van der Waals surface area (Å²) in [5.74, 6) is 0. The van der Waals surface area contributed by atoms with Gasteiger partial charge in [0, 0.05) is 13.6 Å². The van der Waals surface area contributed by atoms with Gasteiger partial charge in [0.2, 0.25) is 0 Å². The Balaban J connectivity index is 2.12. The van der Waals surface area contributed by atoms with E-state index in [1.807, 2.05) is 0 Å². The highest BCUT2D eigenvalue weighted by atomic mass is 32.2. The molecule has 0 bridgehead atoms. The molecular formula is C10H17N3O5S. The molecule has 0 aliphatic carbocycles. The number of aliphatic hydroxyl groups is 2. The number of carbonyl (C=O) groups is 1. The Labute approximate surface area is 114 Å². The second kappa shape index (κ2) is 5.63. The minimum absolute atomic E-state index is 0.263. The topological polar surface area (TPSA) is 115 Å². The van der Waals surface area contributed by atoms with Crippen LogP contribution in [0.4, 0.5) is 4.79 Å². The summed E-state index contributed by atoms with van der Waals surface area (Å²) < 4.78 is 5.65. The number of amidine groups is 1. The van der Waals surface area contributed by atoms with Crippen LogP contribution >= 0.6 is 11.8 Å². The lowest BCUT2D eigenvalue weighted by atomic mass is 9.98. The molecule has 1 amide bonds. The van der Waals surface area contributed by atoms with Crippen molar-refractivity contribution in [2.45, 2.75) is 29.8 Å². The zero-order chi connectivity index (χ0) is 14.2. The van der Waals surface area contributed by atoms with E-state index in [9.17, 15) is 15.0 Å². The number of likely N-dealkylation sites (N-methyl/N-ethyl adjacent to an activating group) is 1. The van der Waals surface area contributed by atoms with Gasteiger partial charge in [-0.3, -0.25) is 9.89 Å². The van der Waals surface area contributed by atoms with Crippen molar-refractivity contribution in [3.63, 3.8) is 0 Å². The number of hydrogen-bond donors (Lipinski definition) is 4. The Hall–Kier alpha value is -0.870. The van der Waals surface area contributed by atoms with Crippen LogP contribution in [0.15, 0.2) is 4.99 Å². The summed E-state index contributed by atoms with van der Waals surface area (Å²) in [6.07, 6.45) is -3.79. The van der Waals surface area contributed by atoms with E-state index >= 15 is 0 Å². The molecule has 0 aromatic carbocycles. The van der Waals surface area contributed by atoms with E-state index in [4.69, 9.17) is 9.84 Å². The number of rotatable bonds is 2. The van der Waals surface area contributed by atoms with Crippen LogP contribution in [0.5, 0.6) is 0 Å². The van der Waals surface area contributed by atoms with Gasteiger partial charge in [-0.2, -0.15) is 0 Å².